The summed E-state index contributed by atoms with van der Waals surface area (Å²) >= 11 is 0. The molecule has 0 amide bonds. The minimum Gasteiger partial charge on any atom is -0.382 e. The zero-order valence-electron chi connectivity index (χ0n) is 13.8. The number of nitrogens with zero attached hydrogens (tertiary/aromatic N) is 3. The quantitative estimate of drug-likeness (QED) is 0.681. The number of anilines is 3. The second-order valence-corrected chi connectivity index (χ2v) is 6.66. The first kappa shape index (κ1) is 15.8. The summed E-state index contributed by atoms with van der Waals surface area (Å²) in [6.45, 7) is 0. The molecule has 0 aliphatic heterocycles. The number of rotatable bonds is 3. The second kappa shape index (κ2) is 6.33. The normalized spacial score (nSPS) is 20.7. The van der Waals surface area contributed by atoms with Crippen LogP contribution in [0.2, 0.25) is 0 Å². The lowest BCUT2D eigenvalue weighted by Crippen LogP contribution is -2.25. The maximum absolute atomic E-state index is 13.4. The van der Waals surface area contributed by atoms with Crippen LogP contribution >= 0.6 is 0 Å². The van der Waals surface area contributed by atoms with Gasteiger partial charge in [-0.05, 0) is 43.9 Å². The highest BCUT2D eigenvalue weighted by Crippen LogP contribution is 2.33. The Balaban J connectivity index is 1.69. The molecule has 0 saturated heterocycles. The molecule has 3 aromatic rings. The van der Waals surface area contributed by atoms with E-state index in [1.54, 1.807) is 22.7 Å². The van der Waals surface area contributed by atoms with Crippen LogP contribution in [-0.2, 0) is 0 Å². The topological polar surface area (TPSA) is 94.3 Å². The third-order valence-electron chi connectivity index (χ3n) is 4.76. The highest BCUT2D eigenvalue weighted by atomic mass is 19.1. The van der Waals surface area contributed by atoms with Crippen LogP contribution in [0.1, 0.15) is 37.3 Å². The van der Waals surface area contributed by atoms with Crippen molar-refractivity contribution in [1.82, 2.24) is 14.6 Å². The van der Waals surface area contributed by atoms with Crippen molar-refractivity contribution >= 4 is 22.8 Å². The van der Waals surface area contributed by atoms with Crippen molar-refractivity contribution in [3.05, 3.63) is 48.0 Å². The lowest BCUT2D eigenvalue weighted by Gasteiger charge is -2.24. The van der Waals surface area contributed by atoms with E-state index >= 15 is 0 Å². The van der Waals surface area contributed by atoms with E-state index in [9.17, 15) is 4.39 Å². The number of benzene rings is 1. The largest absolute Gasteiger partial charge is 0.382 e. The van der Waals surface area contributed by atoms with Crippen LogP contribution in [0, 0.1) is 5.82 Å². The smallest absolute Gasteiger partial charge is 0.177 e. The lowest BCUT2D eigenvalue weighted by molar-refractivity contribution is 0.391. The molecule has 2 aromatic heterocycles. The van der Waals surface area contributed by atoms with Gasteiger partial charge in [0.1, 0.15) is 11.6 Å². The zero-order valence-corrected chi connectivity index (χ0v) is 13.8. The summed E-state index contributed by atoms with van der Waals surface area (Å²) in [6, 6.07) is 8.30. The van der Waals surface area contributed by atoms with Gasteiger partial charge in [0.2, 0.25) is 0 Å². The van der Waals surface area contributed by atoms with Crippen molar-refractivity contribution in [2.24, 2.45) is 5.73 Å². The molecule has 1 saturated carbocycles. The van der Waals surface area contributed by atoms with Gasteiger partial charge in [0.25, 0.3) is 0 Å². The van der Waals surface area contributed by atoms with Crippen LogP contribution in [0.25, 0.3) is 5.65 Å². The molecule has 0 spiro atoms. The van der Waals surface area contributed by atoms with Crippen LogP contribution in [0.4, 0.5) is 21.6 Å². The molecule has 1 aliphatic carbocycles. The number of imidazole rings is 1. The summed E-state index contributed by atoms with van der Waals surface area (Å²) in [5, 5.41) is 7.51. The van der Waals surface area contributed by atoms with Crippen molar-refractivity contribution in [2.75, 3.05) is 11.1 Å². The number of hydrogen-bond donors (Lipinski definition) is 3. The summed E-state index contributed by atoms with van der Waals surface area (Å²) in [4.78, 5) is 4.77. The number of nitrogen functional groups attached to an aromatic ring is 1. The van der Waals surface area contributed by atoms with Crippen LogP contribution in [0.5, 0.6) is 0 Å². The molecule has 25 heavy (non-hydrogen) atoms. The van der Waals surface area contributed by atoms with Gasteiger partial charge in [0, 0.05) is 23.7 Å². The number of hydrogen-bond acceptors (Lipinski definition) is 5. The van der Waals surface area contributed by atoms with E-state index in [4.69, 9.17) is 16.5 Å². The predicted molar refractivity (Wildman–Crippen MR) is 96.3 cm³/mol. The molecule has 6 nitrogen and oxygen atoms in total. The van der Waals surface area contributed by atoms with Crippen molar-refractivity contribution in [1.29, 1.82) is 0 Å². The van der Waals surface area contributed by atoms with Gasteiger partial charge in [-0.3, -0.25) is 0 Å². The highest BCUT2D eigenvalue weighted by molar-refractivity contribution is 5.75. The SMILES string of the molecule is Nc1cc(Nc2cccc(F)c2)c2nc(C3CCC(N)CC3)cn2n1. The minimum absolute atomic E-state index is 0.298. The molecule has 0 radical (unpaired) electrons. The van der Waals surface area contributed by atoms with Crippen molar-refractivity contribution in [3.8, 4) is 0 Å². The lowest BCUT2D eigenvalue weighted by atomic mass is 9.85. The number of fused-ring (bicyclic) bond motifs is 1. The average Bonchev–Trinajstić information content (AvgIpc) is 2.99. The third-order valence-corrected chi connectivity index (χ3v) is 4.76. The average molecular weight is 340 g/mol. The summed E-state index contributed by atoms with van der Waals surface area (Å²) in [5.74, 6) is 0.469. The van der Waals surface area contributed by atoms with Gasteiger partial charge in [-0.2, -0.15) is 0 Å². The van der Waals surface area contributed by atoms with Gasteiger partial charge in [-0.1, -0.05) is 6.07 Å². The van der Waals surface area contributed by atoms with Gasteiger partial charge < -0.3 is 16.8 Å². The van der Waals surface area contributed by atoms with Gasteiger partial charge in [-0.15, -0.1) is 5.10 Å². The van der Waals surface area contributed by atoms with Crippen molar-refractivity contribution < 1.29 is 4.39 Å². The summed E-state index contributed by atoms with van der Waals surface area (Å²) in [7, 11) is 0. The maximum atomic E-state index is 13.4. The van der Waals surface area contributed by atoms with Crippen LogP contribution in [0.15, 0.2) is 36.5 Å². The van der Waals surface area contributed by atoms with Crippen LogP contribution in [0.3, 0.4) is 0 Å². The molecular weight excluding hydrogens is 319 g/mol. The molecule has 1 fully saturated rings. The Labute approximate surface area is 145 Å². The van der Waals surface area contributed by atoms with E-state index in [0.29, 0.717) is 34.8 Å². The molecule has 2 heterocycles. The first-order valence-corrected chi connectivity index (χ1v) is 8.52. The Morgan fingerprint density at radius 1 is 1.16 bits per heavy atom. The van der Waals surface area contributed by atoms with Gasteiger partial charge in [0.15, 0.2) is 5.65 Å². The number of nitrogens with one attached hydrogen (secondary N) is 1. The summed E-state index contributed by atoms with van der Waals surface area (Å²) in [5.41, 5.74) is 15.0. The Kier molecular flexibility index (Phi) is 4.01. The Morgan fingerprint density at radius 2 is 1.96 bits per heavy atom. The fourth-order valence-corrected chi connectivity index (χ4v) is 3.44. The first-order chi connectivity index (χ1) is 12.1. The molecule has 4 rings (SSSR count). The van der Waals surface area contributed by atoms with Crippen molar-refractivity contribution in [3.63, 3.8) is 0 Å². The monoisotopic (exact) mass is 340 g/mol. The fourth-order valence-electron chi connectivity index (χ4n) is 3.44. The molecule has 1 aromatic carbocycles. The Hall–Kier alpha value is -2.67. The summed E-state index contributed by atoms with van der Waals surface area (Å²) < 4.78 is 15.1. The molecule has 1 aliphatic rings. The number of nitrogens with two attached hydrogens (primary N) is 2. The Morgan fingerprint density at radius 3 is 2.72 bits per heavy atom. The predicted octanol–water partition coefficient (Wildman–Crippen LogP) is 3.18. The van der Waals surface area contributed by atoms with Gasteiger partial charge >= 0.3 is 0 Å². The molecule has 7 heteroatoms. The van der Waals surface area contributed by atoms with Crippen molar-refractivity contribution in [2.45, 2.75) is 37.6 Å². The summed E-state index contributed by atoms with van der Waals surface area (Å²) in [6.07, 6.45) is 6.04. The maximum Gasteiger partial charge on any atom is 0.177 e. The van der Waals surface area contributed by atoms with Gasteiger partial charge in [-0.25, -0.2) is 13.9 Å². The van der Waals surface area contributed by atoms with E-state index < -0.39 is 0 Å². The molecule has 5 N–H and O–H groups in total. The standard InChI is InChI=1S/C18H21FN6/c19-12-2-1-3-14(8-12)22-15-9-17(21)24-25-10-16(23-18(15)25)11-4-6-13(20)7-5-11/h1-3,8-11,13,22H,4-7,20H2,(H2,21,24). The second-order valence-electron chi connectivity index (χ2n) is 6.66. The number of halogens is 1. The Bertz CT molecular complexity index is 898. The molecular formula is C18H21FN6. The fraction of sp³-hybridized carbons (Fsp3) is 0.333. The third kappa shape index (κ3) is 3.28. The van der Waals surface area contributed by atoms with E-state index in [-0.39, 0.29) is 5.82 Å². The van der Waals surface area contributed by atoms with E-state index in [1.807, 2.05) is 6.20 Å². The van der Waals surface area contributed by atoms with Crippen LogP contribution in [-0.4, -0.2) is 20.6 Å². The zero-order chi connectivity index (χ0) is 17.4. The van der Waals surface area contributed by atoms with E-state index in [0.717, 1.165) is 31.4 Å². The van der Waals surface area contributed by atoms with Gasteiger partial charge in [0.05, 0.1) is 17.6 Å². The molecule has 0 bridgehead atoms. The molecule has 0 atom stereocenters. The minimum atomic E-state index is -0.300. The highest BCUT2D eigenvalue weighted by Gasteiger charge is 2.23. The number of aromatic nitrogens is 3. The van der Waals surface area contributed by atoms with Crippen LogP contribution < -0.4 is 16.8 Å². The molecule has 130 valence electrons. The molecule has 0 unspecified atom stereocenters. The van der Waals surface area contributed by atoms with E-state index in [2.05, 4.69) is 10.4 Å². The first-order valence-electron chi connectivity index (χ1n) is 8.52. The van der Waals surface area contributed by atoms with E-state index in [1.165, 1.54) is 12.1 Å².